The lowest BCUT2D eigenvalue weighted by Gasteiger charge is -2.20. The molecule has 2 aromatic rings. The van der Waals surface area contributed by atoms with Gasteiger partial charge in [-0.3, -0.25) is 4.98 Å². The molecule has 0 bridgehead atoms. The molecular weight excluding hydrogens is 326 g/mol. The minimum absolute atomic E-state index is 0.0194. The molecule has 0 saturated carbocycles. The fourth-order valence-electron chi connectivity index (χ4n) is 1.89. The number of pyridine rings is 1. The van der Waals surface area contributed by atoms with Crippen LogP contribution in [0.2, 0.25) is 5.02 Å². The van der Waals surface area contributed by atoms with Crippen LogP contribution in [-0.4, -0.2) is 11.5 Å². The van der Waals surface area contributed by atoms with Gasteiger partial charge >= 0.3 is 0 Å². The second-order valence-corrected chi connectivity index (χ2v) is 5.56. The summed E-state index contributed by atoms with van der Waals surface area (Å²) < 4.78 is 0.876. The van der Waals surface area contributed by atoms with Gasteiger partial charge < -0.3 is 11.1 Å². The van der Waals surface area contributed by atoms with E-state index in [0.29, 0.717) is 11.6 Å². The molecule has 5 heteroatoms. The lowest BCUT2D eigenvalue weighted by Crippen LogP contribution is -2.21. The van der Waals surface area contributed by atoms with Crippen molar-refractivity contribution in [3.8, 4) is 0 Å². The third kappa shape index (κ3) is 3.47. The van der Waals surface area contributed by atoms with Crippen LogP contribution in [0.25, 0.3) is 0 Å². The number of aryl methyl sites for hydroxylation is 1. The van der Waals surface area contributed by atoms with Crippen molar-refractivity contribution in [2.75, 3.05) is 11.9 Å². The largest absolute Gasteiger partial charge is 0.377 e. The third-order valence-corrected chi connectivity index (χ3v) is 4.18. The van der Waals surface area contributed by atoms with E-state index in [1.54, 1.807) is 6.20 Å². The Bertz CT molecular complexity index is 574. The number of halogens is 2. The maximum Gasteiger partial charge on any atom is 0.0653 e. The molecule has 19 heavy (non-hydrogen) atoms. The number of benzene rings is 1. The molecule has 3 N–H and O–H groups in total. The van der Waals surface area contributed by atoms with E-state index in [9.17, 15) is 0 Å². The van der Waals surface area contributed by atoms with Gasteiger partial charge in [0, 0.05) is 29.1 Å². The summed E-state index contributed by atoms with van der Waals surface area (Å²) in [5, 5.41) is 4.05. The molecule has 0 amide bonds. The summed E-state index contributed by atoms with van der Waals surface area (Å²) in [6, 6.07) is 7.75. The first-order valence-corrected chi connectivity index (χ1v) is 7.11. The average molecular weight is 341 g/mol. The third-order valence-electron chi connectivity index (χ3n) is 2.95. The number of anilines is 1. The topological polar surface area (TPSA) is 50.9 Å². The molecular formula is C14H15BrClN3. The summed E-state index contributed by atoms with van der Waals surface area (Å²) in [5.74, 6) is 0. The Labute approximate surface area is 126 Å². The molecule has 100 valence electrons. The van der Waals surface area contributed by atoms with E-state index in [2.05, 4.69) is 33.2 Å². The van der Waals surface area contributed by atoms with Crippen LogP contribution in [0.3, 0.4) is 0 Å². The van der Waals surface area contributed by atoms with Crippen molar-refractivity contribution in [1.82, 2.24) is 4.98 Å². The minimum Gasteiger partial charge on any atom is -0.377 e. The Hall–Kier alpha value is -1.10. The highest BCUT2D eigenvalue weighted by molar-refractivity contribution is 9.10. The number of hydrogen-bond donors (Lipinski definition) is 2. The van der Waals surface area contributed by atoms with Gasteiger partial charge in [0.15, 0.2) is 0 Å². The van der Waals surface area contributed by atoms with Crippen molar-refractivity contribution >= 4 is 33.2 Å². The number of nitrogens with two attached hydrogens (primary N) is 1. The van der Waals surface area contributed by atoms with Gasteiger partial charge in [0.25, 0.3) is 0 Å². The average Bonchev–Trinajstić information content (AvgIpc) is 2.41. The van der Waals surface area contributed by atoms with E-state index in [4.69, 9.17) is 17.3 Å². The van der Waals surface area contributed by atoms with Crippen LogP contribution in [0.1, 0.15) is 17.2 Å². The van der Waals surface area contributed by atoms with E-state index in [-0.39, 0.29) is 6.04 Å². The Morgan fingerprint density at radius 1 is 1.42 bits per heavy atom. The molecule has 1 heterocycles. The summed E-state index contributed by atoms with van der Waals surface area (Å²) in [5.41, 5.74) is 9.06. The highest BCUT2D eigenvalue weighted by atomic mass is 79.9. The van der Waals surface area contributed by atoms with E-state index in [1.807, 2.05) is 30.5 Å². The first kappa shape index (κ1) is 14.3. The zero-order chi connectivity index (χ0) is 13.8. The van der Waals surface area contributed by atoms with Crippen LogP contribution in [0.5, 0.6) is 0 Å². The van der Waals surface area contributed by atoms with Crippen molar-refractivity contribution in [1.29, 1.82) is 0 Å². The van der Waals surface area contributed by atoms with Crippen molar-refractivity contribution < 1.29 is 0 Å². The van der Waals surface area contributed by atoms with Gasteiger partial charge in [-0.25, -0.2) is 0 Å². The van der Waals surface area contributed by atoms with Gasteiger partial charge in [-0.1, -0.05) is 11.6 Å². The fraction of sp³-hybridized carbons (Fsp3) is 0.214. The van der Waals surface area contributed by atoms with Gasteiger partial charge in [0.05, 0.1) is 11.1 Å². The van der Waals surface area contributed by atoms with Gasteiger partial charge in [-0.15, -0.1) is 0 Å². The van der Waals surface area contributed by atoms with Crippen LogP contribution < -0.4 is 11.1 Å². The summed E-state index contributed by atoms with van der Waals surface area (Å²) in [6.07, 6.45) is 3.63. The highest BCUT2D eigenvalue weighted by Crippen LogP contribution is 2.28. The zero-order valence-corrected chi connectivity index (χ0v) is 12.9. The van der Waals surface area contributed by atoms with Crippen LogP contribution in [0.15, 0.2) is 41.1 Å². The second-order valence-electron chi connectivity index (χ2n) is 4.29. The maximum absolute atomic E-state index is 6.09. The Balaban J connectivity index is 2.24. The van der Waals surface area contributed by atoms with Crippen molar-refractivity contribution in [3.63, 3.8) is 0 Å². The molecule has 0 aliphatic rings. The summed E-state index contributed by atoms with van der Waals surface area (Å²) in [4.78, 5) is 4.16. The molecule has 0 aliphatic heterocycles. The number of nitrogens with zero attached hydrogens (tertiary/aromatic N) is 1. The maximum atomic E-state index is 6.09. The first-order valence-electron chi connectivity index (χ1n) is 5.94. The quantitative estimate of drug-likeness (QED) is 0.887. The molecule has 1 atom stereocenters. The standard InChI is InChI=1S/C14H15BrClN3/c1-9-4-5-18-8-11(9)14(7-17)19-10-2-3-12(15)13(16)6-10/h2-6,8,14,19H,7,17H2,1H3. The van der Waals surface area contributed by atoms with Crippen LogP contribution in [0.4, 0.5) is 5.69 Å². The van der Waals surface area contributed by atoms with Gasteiger partial charge in [-0.2, -0.15) is 0 Å². The second kappa shape index (κ2) is 6.37. The smallest absolute Gasteiger partial charge is 0.0653 e. The zero-order valence-electron chi connectivity index (χ0n) is 10.5. The molecule has 0 aliphatic carbocycles. The van der Waals surface area contributed by atoms with Gasteiger partial charge in [-0.05, 0) is 58.2 Å². The highest BCUT2D eigenvalue weighted by Gasteiger charge is 2.12. The number of hydrogen-bond acceptors (Lipinski definition) is 3. The van der Waals surface area contributed by atoms with Crippen molar-refractivity contribution in [2.24, 2.45) is 5.73 Å². The molecule has 1 aromatic heterocycles. The predicted octanol–water partition coefficient (Wildman–Crippen LogP) is 3.92. The molecule has 1 unspecified atom stereocenters. The molecule has 0 fully saturated rings. The minimum atomic E-state index is 0.0194. The van der Waals surface area contributed by atoms with Crippen LogP contribution in [0, 0.1) is 6.92 Å². The molecule has 0 spiro atoms. The van der Waals surface area contributed by atoms with Crippen LogP contribution in [-0.2, 0) is 0 Å². The Morgan fingerprint density at radius 2 is 2.21 bits per heavy atom. The molecule has 1 aromatic carbocycles. The molecule has 0 radical (unpaired) electrons. The van der Waals surface area contributed by atoms with Gasteiger partial charge in [0.1, 0.15) is 0 Å². The number of rotatable bonds is 4. The lowest BCUT2D eigenvalue weighted by atomic mass is 10.0. The molecule has 3 nitrogen and oxygen atoms in total. The molecule has 0 saturated heterocycles. The number of aromatic nitrogens is 1. The number of nitrogens with one attached hydrogen (secondary N) is 1. The van der Waals surface area contributed by atoms with Crippen LogP contribution >= 0.6 is 27.5 Å². The molecule has 2 rings (SSSR count). The first-order chi connectivity index (χ1) is 9.11. The summed E-state index contributed by atoms with van der Waals surface area (Å²) in [6.45, 7) is 2.54. The van der Waals surface area contributed by atoms with Gasteiger partial charge in [0.2, 0.25) is 0 Å². The van der Waals surface area contributed by atoms with E-state index >= 15 is 0 Å². The Kier molecular flexibility index (Phi) is 4.80. The Morgan fingerprint density at radius 3 is 2.84 bits per heavy atom. The van der Waals surface area contributed by atoms with E-state index in [0.717, 1.165) is 15.7 Å². The fourth-order valence-corrected chi connectivity index (χ4v) is 2.32. The predicted molar refractivity (Wildman–Crippen MR) is 83.5 cm³/mol. The summed E-state index contributed by atoms with van der Waals surface area (Å²) in [7, 11) is 0. The van der Waals surface area contributed by atoms with E-state index in [1.165, 1.54) is 5.56 Å². The summed E-state index contributed by atoms with van der Waals surface area (Å²) >= 11 is 9.46. The normalized spacial score (nSPS) is 12.2. The SMILES string of the molecule is Cc1ccncc1C(CN)Nc1ccc(Br)c(Cl)c1. The monoisotopic (exact) mass is 339 g/mol. The van der Waals surface area contributed by atoms with Crippen molar-refractivity contribution in [2.45, 2.75) is 13.0 Å². The van der Waals surface area contributed by atoms with E-state index < -0.39 is 0 Å². The van der Waals surface area contributed by atoms with Crippen molar-refractivity contribution in [3.05, 3.63) is 57.3 Å². The lowest BCUT2D eigenvalue weighted by molar-refractivity contribution is 0.778.